The van der Waals surface area contributed by atoms with Crippen LogP contribution in [0.4, 0.5) is 0 Å². The van der Waals surface area contributed by atoms with E-state index in [4.69, 9.17) is 4.74 Å². The molecule has 1 spiro atoms. The van der Waals surface area contributed by atoms with Crippen molar-refractivity contribution in [2.75, 3.05) is 13.1 Å². The van der Waals surface area contributed by atoms with Crippen LogP contribution in [0.15, 0.2) is 0 Å². The zero-order valence-corrected chi connectivity index (χ0v) is 9.73. The second-order valence-electron chi connectivity index (χ2n) is 5.80. The topological polar surface area (TPSA) is 21.3 Å². The summed E-state index contributed by atoms with van der Waals surface area (Å²) < 4.78 is 6.26. The van der Waals surface area contributed by atoms with Gasteiger partial charge >= 0.3 is 0 Å². The minimum absolute atomic E-state index is 0.169. The highest BCUT2D eigenvalue weighted by Crippen LogP contribution is 2.46. The van der Waals surface area contributed by atoms with Gasteiger partial charge in [-0.05, 0) is 31.1 Å². The van der Waals surface area contributed by atoms with Crippen LogP contribution in [-0.2, 0) is 4.74 Å². The van der Waals surface area contributed by atoms with Gasteiger partial charge in [0.2, 0.25) is 0 Å². The highest BCUT2D eigenvalue weighted by Gasteiger charge is 2.46. The lowest BCUT2D eigenvalue weighted by molar-refractivity contribution is -0.116. The second kappa shape index (κ2) is 3.49. The molecule has 2 rings (SSSR count). The van der Waals surface area contributed by atoms with E-state index >= 15 is 0 Å². The quantitative estimate of drug-likeness (QED) is 0.696. The molecule has 0 bridgehead atoms. The number of ether oxygens (including phenoxy) is 1. The van der Waals surface area contributed by atoms with Gasteiger partial charge in [0, 0.05) is 13.1 Å². The average molecular weight is 197 g/mol. The highest BCUT2D eigenvalue weighted by molar-refractivity contribution is 4.99. The molecular formula is C12H23NO. The Kier molecular flexibility index (Phi) is 2.61. The van der Waals surface area contributed by atoms with Crippen molar-refractivity contribution in [3.63, 3.8) is 0 Å². The van der Waals surface area contributed by atoms with Crippen molar-refractivity contribution in [3.05, 3.63) is 0 Å². The van der Waals surface area contributed by atoms with Crippen LogP contribution in [0.2, 0.25) is 0 Å². The summed E-state index contributed by atoms with van der Waals surface area (Å²) in [5, 5.41) is 3.53. The molecule has 1 N–H and O–H groups in total. The van der Waals surface area contributed by atoms with E-state index in [0.717, 1.165) is 19.5 Å². The van der Waals surface area contributed by atoms with Gasteiger partial charge in [0.1, 0.15) is 0 Å². The highest BCUT2D eigenvalue weighted by atomic mass is 16.5. The molecule has 14 heavy (non-hydrogen) atoms. The van der Waals surface area contributed by atoms with Gasteiger partial charge in [0.05, 0.1) is 11.7 Å². The molecule has 1 aliphatic carbocycles. The van der Waals surface area contributed by atoms with Gasteiger partial charge in [0.25, 0.3) is 0 Å². The fourth-order valence-corrected chi connectivity index (χ4v) is 2.99. The molecule has 0 aromatic rings. The molecule has 0 amide bonds. The SMILES string of the molecule is CCC1CNCC2(CCC(C)(C)C2)O1. The van der Waals surface area contributed by atoms with Gasteiger partial charge in [-0.25, -0.2) is 0 Å². The Morgan fingerprint density at radius 3 is 2.71 bits per heavy atom. The normalized spacial score (nSPS) is 41.8. The zero-order chi connectivity index (χ0) is 10.2. The van der Waals surface area contributed by atoms with Crippen LogP contribution in [-0.4, -0.2) is 24.8 Å². The summed E-state index contributed by atoms with van der Waals surface area (Å²) in [6.45, 7) is 9.04. The standard InChI is InChI=1S/C12H23NO/c1-4-10-7-13-9-12(14-10)6-5-11(2,3)8-12/h10,13H,4-9H2,1-3H3. The summed E-state index contributed by atoms with van der Waals surface area (Å²) in [6, 6.07) is 0. The van der Waals surface area contributed by atoms with Crippen molar-refractivity contribution < 1.29 is 4.74 Å². The fraction of sp³-hybridized carbons (Fsp3) is 1.00. The Labute approximate surface area is 87.4 Å². The molecule has 0 aromatic heterocycles. The summed E-state index contributed by atoms with van der Waals surface area (Å²) in [5.74, 6) is 0. The molecule has 2 aliphatic rings. The smallest absolute Gasteiger partial charge is 0.0816 e. The molecule has 1 aliphatic heterocycles. The summed E-state index contributed by atoms with van der Waals surface area (Å²) in [4.78, 5) is 0. The van der Waals surface area contributed by atoms with Crippen LogP contribution >= 0.6 is 0 Å². The molecule has 2 nitrogen and oxygen atoms in total. The first-order valence-electron chi connectivity index (χ1n) is 5.94. The third-order valence-electron chi connectivity index (χ3n) is 3.75. The molecule has 82 valence electrons. The van der Waals surface area contributed by atoms with E-state index in [-0.39, 0.29) is 5.60 Å². The summed E-state index contributed by atoms with van der Waals surface area (Å²) in [5.41, 5.74) is 0.653. The second-order valence-corrected chi connectivity index (χ2v) is 5.80. The molecule has 2 fully saturated rings. The van der Waals surface area contributed by atoms with Crippen molar-refractivity contribution >= 4 is 0 Å². The van der Waals surface area contributed by atoms with Crippen molar-refractivity contribution in [1.29, 1.82) is 0 Å². The van der Waals surface area contributed by atoms with Crippen LogP contribution in [0.3, 0.4) is 0 Å². The third kappa shape index (κ3) is 1.96. The Morgan fingerprint density at radius 1 is 1.36 bits per heavy atom. The molecule has 1 saturated carbocycles. The van der Waals surface area contributed by atoms with E-state index < -0.39 is 0 Å². The lowest BCUT2D eigenvalue weighted by Gasteiger charge is -2.40. The molecule has 0 radical (unpaired) electrons. The Hall–Kier alpha value is -0.0800. The van der Waals surface area contributed by atoms with Crippen LogP contribution in [0.5, 0.6) is 0 Å². The van der Waals surface area contributed by atoms with Crippen molar-refractivity contribution in [1.82, 2.24) is 5.32 Å². The molecule has 1 heterocycles. The average Bonchev–Trinajstić information content (AvgIpc) is 2.42. The lowest BCUT2D eigenvalue weighted by atomic mass is 9.88. The monoisotopic (exact) mass is 197 g/mol. The van der Waals surface area contributed by atoms with Crippen LogP contribution in [0.1, 0.15) is 46.5 Å². The molecule has 1 saturated heterocycles. The number of rotatable bonds is 1. The van der Waals surface area contributed by atoms with Gasteiger partial charge in [-0.15, -0.1) is 0 Å². The summed E-state index contributed by atoms with van der Waals surface area (Å²) in [6.07, 6.45) is 5.35. The van der Waals surface area contributed by atoms with E-state index in [0.29, 0.717) is 11.5 Å². The predicted molar refractivity (Wildman–Crippen MR) is 58.4 cm³/mol. The first-order valence-corrected chi connectivity index (χ1v) is 5.94. The predicted octanol–water partition coefficient (Wildman–Crippen LogP) is 2.33. The minimum Gasteiger partial charge on any atom is -0.369 e. The Bertz CT molecular complexity index is 214. The molecular weight excluding hydrogens is 174 g/mol. The summed E-state index contributed by atoms with van der Waals surface area (Å²) >= 11 is 0. The number of nitrogens with one attached hydrogen (secondary N) is 1. The van der Waals surface area contributed by atoms with Gasteiger partial charge < -0.3 is 10.1 Å². The van der Waals surface area contributed by atoms with Gasteiger partial charge in [-0.2, -0.15) is 0 Å². The molecule has 2 heteroatoms. The van der Waals surface area contributed by atoms with E-state index in [1.807, 2.05) is 0 Å². The maximum atomic E-state index is 6.26. The number of hydrogen-bond acceptors (Lipinski definition) is 2. The fourth-order valence-electron chi connectivity index (χ4n) is 2.99. The molecule has 2 unspecified atom stereocenters. The van der Waals surface area contributed by atoms with Crippen LogP contribution < -0.4 is 5.32 Å². The van der Waals surface area contributed by atoms with Crippen molar-refractivity contribution in [2.24, 2.45) is 5.41 Å². The minimum atomic E-state index is 0.169. The summed E-state index contributed by atoms with van der Waals surface area (Å²) in [7, 11) is 0. The van der Waals surface area contributed by atoms with Crippen LogP contribution in [0, 0.1) is 5.41 Å². The van der Waals surface area contributed by atoms with E-state index in [9.17, 15) is 0 Å². The van der Waals surface area contributed by atoms with Crippen molar-refractivity contribution in [2.45, 2.75) is 58.2 Å². The number of hydrogen-bond donors (Lipinski definition) is 1. The first-order chi connectivity index (χ1) is 6.55. The first kappa shape index (κ1) is 10.4. The Morgan fingerprint density at radius 2 is 2.14 bits per heavy atom. The maximum absolute atomic E-state index is 6.26. The van der Waals surface area contributed by atoms with Crippen molar-refractivity contribution in [3.8, 4) is 0 Å². The van der Waals surface area contributed by atoms with Gasteiger partial charge in [-0.3, -0.25) is 0 Å². The van der Waals surface area contributed by atoms with Gasteiger partial charge in [0.15, 0.2) is 0 Å². The third-order valence-corrected chi connectivity index (χ3v) is 3.75. The van der Waals surface area contributed by atoms with Gasteiger partial charge in [-0.1, -0.05) is 20.8 Å². The lowest BCUT2D eigenvalue weighted by Crippen LogP contribution is -2.52. The molecule has 0 aromatic carbocycles. The largest absolute Gasteiger partial charge is 0.369 e. The Balaban J connectivity index is 2.02. The van der Waals surface area contributed by atoms with E-state index in [2.05, 4.69) is 26.1 Å². The number of morpholine rings is 1. The molecule has 2 atom stereocenters. The van der Waals surface area contributed by atoms with E-state index in [1.54, 1.807) is 0 Å². The zero-order valence-electron chi connectivity index (χ0n) is 9.73. The van der Waals surface area contributed by atoms with Crippen LogP contribution in [0.25, 0.3) is 0 Å². The van der Waals surface area contributed by atoms with E-state index in [1.165, 1.54) is 19.3 Å². The maximum Gasteiger partial charge on any atom is 0.0816 e.